The zero-order valence-electron chi connectivity index (χ0n) is 12.6. The first-order valence-corrected chi connectivity index (χ1v) is 9.21. The lowest BCUT2D eigenvalue weighted by Gasteiger charge is -2.01. The van der Waals surface area contributed by atoms with Gasteiger partial charge in [-0.05, 0) is 19.4 Å². The molecule has 1 saturated heterocycles. The summed E-state index contributed by atoms with van der Waals surface area (Å²) in [5.41, 5.74) is 1.04. The number of para-hydroxylation sites is 1. The molecule has 0 radical (unpaired) electrons. The molecular formula is C15H17N3O4S. The molecule has 1 aliphatic heterocycles. The number of nitrogens with zero attached hydrogens (tertiary/aromatic N) is 3. The molecule has 2 aromatic rings. The zero-order chi connectivity index (χ0) is 16.6. The van der Waals surface area contributed by atoms with Crippen molar-refractivity contribution >= 4 is 32.3 Å². The molecule has 1 aromatic heterocycles. The number of aromatic hydroxyl groups is 1. The van der Waals surface area contributed by atoms with Crippen molar-refractivity contribution in [1.29, 1.82) is 0 Å². The third-order valence-electron chi connectivity index (χ3n) is 4.06. The third-order valence-corrected chi connectivity index (χ3v) is 5.83. The van der Waals surface area contributed by atoms with Crippen molar-refractivity contribution in [3.05, 3.63) is 24.3 Å². The Balaban J connectivity index is 1.93. The van der Waals surface area contributed by atoms with Gasteiger partial charge in [0.1, 0.15) is 0 Å². The molecule has 0 bridgehead atoms. The number of carbonyl (C=O) groups excluding carboxylic acids is 1. The van der Waals surface area contributed by atoms with Gasteiger partial charge in [-0.3, -0.25) is 4.79 Å². The highest BCUT2D eigenvalue weighted by Crippen LogP contribution is 2.38. The van der Waals surface area contributed by atoms with E-state index in [0.717, 1.165) is 5.52 Å². The van der Waals surface area contributed by atoms with Gasteiger partial charge in [-0.2, -0.15) is 0 Å². The summed E-state index contributed by atoms with van der Waals surface area (Å²) in [6, 6.07) is 7.30. The van der Waals surface area contributed by atoms with Gasteiger partial charge in [0.25, 0.3) is 5.91 Å². The Morgan fingerprint density at radius 1 is 1.39 bits per heavy atom. The number of aromatic nitrogens is 1. The lowest BCUT2D eigenvalue weighted by molar-refractivity contribution is -0.121. The Labute approximate surface area is 133 Å². The van der Waals surface area contributed by atoms with Crippen molar-refractivity contribution in [1.82, 2.24) is 4.57 Å². The average molecular weight is 335 g/mol. The smallest absolute Gasteiger partial charge is 0.268 e. The Bertz CT molecular complexity index is 899. The van der Waals surface area contributed by atoms with Crippen LogP contribution in [-0.4, -0.2) is 35.5 Å². The molecule has 0 aliphatic carbocycles. The number of hydrogen-bond acceptors (Lipinski definition) is 5. The fourth-order valence-corrected chi connectivity index (χ4v) is 4.59. The molecule has 8 heteroatoms. The number of azo groups is 1. The van der Waals surface area contributed by atoms with Crippen molar-refractivity contribution in [3.63, 3.8) is 0 Å². The van der Waals surface area contributed by atoms with Gasteiger partial charge >= 0.3 is 0 Å². The minimum atomic E-state index is -3.14. The monoisotopic (exact) mass is 335 g/mol. The predicted octanol–water partition coefficient (Wildman–Crippen LogP) is 2.41. The van der Waals surface area contributed by atoms with E-state index >= 15 is 0 Å². The molecule has 1 amide bonds. The molecular weight excluding hydrogens is 318 g/mol. The molecule has 23 heavy (non-hydrogen) atoms. The highest BCUT2D eigenvalue weighted by molar-refractivity contribution is 7.91. The summed E-state index contributed by atoms with van der Waals surface area (Å²) in [6.07, 6.45) is 0.281. The molecule has 1 N–H and O–H groups in total. The summed E-state index contributed by atoms with van der Waals surface area (Å²) >= 11 is 0. The lowest BCUT2D eigenvalue weighted by Crippen LogP contribution is -2.13. The van der Waals surface area contributed by atoms with Crippen LogP contribution in [0.25, 0.3) is 10.9 Å². The van der Waals surface area contributed by atoms with E-state index in [4.69, 9.17) is 0 Å². The van der Waals surface area contributed by atoms with E-state index in [1.165, 1.54) is 0 Å². The van der Waals surface area contributed by atoms with E-state index in [-0.39, 0.29) is 29.5 Å². The molecule has 1 aliphatic rings. The summed E-state index contributed by atoms with van der Waals surface area (Å²) in [4.78, 5) is 12.0. The Morgan fingerprint density at radius 3 is 2.78 bits per heavy atom. The zero-order valence-corrected chi connectivity index (χ0v) is 13.5. The fraction of sp³-hybridized carbons (Fsp3) is 0.400. The van der Waals surface area contributed by atoms with Crippen molar-refractivity contribution in [2.24, 2.45) is 16.1 Å². The summed E-state index contributed by atoms with van der Waals surface area (Å²) in [7, 11) is -3.14. The minimum absolute atomic E-state index is 0.0132. The quantitative estimate of drug-likeness (QED) is 0.870. The molecule has 1 fully saturated rings. The molecule has 2 heterocycles. The molecule has 7 nitrogen and oxygen atoms in total. The van der Waals surface area contributed by atoms with Crippen LogP contribution in [0, 0.1) is 5.92 Å². The van der Waals surface area contributed by atoms with Crippen LogP contribution in [0.15, 0.2) is 34.5 Å². The molecule has 3 rings (SSSR count). The SMILES string of the molecule is CCn1c(O)c(N=NC(=O)[C@@H]2CCS(=O)(=O)C2)c2ccccc21. The molecule has 1 aromatic carbocycles. The van der Waals surface area contributed by atoms with Crippen LogP contribution in [0.1, 0.15) is 13.3 Å². The van der Waals surface area contributed by atoms with Crippen molar-refractivity contribution in [2.75, 3.05) is 11.5 Å². The van der Waals surface area contributed by atoms with Crippen LogP contribution >= 0.6 is 0 Å². The highest BCUT2D eigenvalue weighted by Gasteiger charge is 2.33. The van der Waals surface area contributed by atoms with Gasteiger partial charge in [0, 0.05) is 11.9 Å². The van der Waals surface area contributed by atoms with Gasteiger partial charge in [-0.15, -0.1) is 10.2 Å². The molecule has 0 unspecified atom stereocenters. The van der Waals surface area contributed by atoms with E-state index in [0.29, 0.717) is 11.9 Å². The predicted molar refractivity (Wildman–Crippen MR) is 85.6 cm³/mol. The third kappa shape index (κ3) is 2.86. The second-order valence-corrected chi connectivity index (χ2v) is 7.80. The summed E-state index contributed by atoms with van der Waals surface area (Å²) in [6.45, 7) is 2.44. The molecule has 122 valence electrons. The van der Waals surface area contributed by atoms with Crippen LogP contribution in [0.3, 0.4) is 0 Å². The number of benzene rings is 1. The lowest BCUT2D eigenvalue weighted by atomic mass is 10.1. The van der Waals surface area contributed by atoms with Gasteiger partial charge in [0.2, 0.25) is 5.88 Å². The molecule has 1 atom stereocenters. The van der Waals surface area contributed by atoms with Gasteiger partial charge in [0.15, 0.2) is 15.5 Å². The van der Waals surface area contributed by atoms with E-state index in [9.17, 15) is 18.3 Å². The first kappa shape index (κ1) is 15.7. The van der Waals surface area contributed by atoms with Crippen LogP contribution in [0.5, 0.6) is 5.88 Å². The summed E-state index contributed by atoms with van der Waals surface area (Å²) in [5, 5.41) is 18.5. The topological polar surface area (TPSA) is 101 Å². The number of carbonyl (C=O) groups is 1. The number of sulfone groups is 1. The van der Waals surface area contributed by atoms with Gasteiger partial charge in [-0.1, -0.05) is 18.2 Å². The van der Waals surface area contributed by atoms with Crippen molar-refractivity contribution in [3.8, 4) is 5.88 Å². The van der Waals surface area contributed by atoms with Gasteiger partial charge in [-0.25, -0.2) is 8.42 Å². The number of fused-ring (bicyclic) bond motifs is 1. The largest absolute Gasteiger partial charge is 0.493 e. The fourth-order valence-electron chi connectivity index (χ4n) is 2.86. The van der Waals surface area contributed by atoms with Crippen LogP contribution in [0.2, 0.25) is 0 Å². The minimum Gasteiger partial charge on any atom is -0.493 e. The standard InChI is InChI=1S/C15H17N3O4S/c1-2-18-12-6-4-3-5-11(12)13(15(18)20)16-17-14(19)10-7-8-23(21,22)9-10/h3-6,10,20H,2,7-9H2,1H3/t10-/m1/s1. The van der Waals surface area contributed by atoms with Crippen molar-refractivity contribution < 1.29 is 18.3 Å². The highest BCUT2D eigenvalue weighted by atomic mass is 32.2. The first-order chi connectivity index (χ1) is 10.9. The number of rotatable bonds is 3. The number of amides is 1. The van der Waals surface area contributed by atoms with Gasteiger partial charge < -0.3 is 9.67 Å². The summed E-state index contributed by atoms with van der Waals surface area (Å²) in [5.74, 6) is -1.40. The number of hydrogen-bond donors (Lipinski definition) is 1. The molecule has 0 saturated carbocycles. The van der Waals surface area contributed by atoms with Crippen LogP contribution in [-0.2, 0) is 21.2 Å². The Hall–Kier alpha value is -2.22. The van der Waals surface area contributed by atoms with Crippen LogP contribution in [0.4, 0.5) is 5.69 Å². The maximum Gasteiger partial charge on any atom is 0.268 e. The van der Waals surface area contributed by atoms with E-state index in [2.05, 4.69) is 10.2 Å². The maximum absolute atomic E-state index is 12.0. The Morgan fingerprint density at radius 2 is 2.13 bits per heavy atom. The van der Waals surface area contributed by atoms with Crippen molar-refractivity contribution in [2.45, 2.75) is 19.9 Å². The van der Waals surface area contributed by atoms with E-state index in [1.54, 1.807) is 10.6 Å². The number of aryl methyl sites for hydroxylation is 1. The van der Waals surface area contributed by atoms with Crippen LogP contribution < -0.4 is 0 Å². The maximum atomic E-state index is 12.0. The van der Waals surface area contributed by atoms with Gasteiger partial charge in [0.05, 0.1) is 22.9 Å². The second-order valence-electron chi connectivity index (χ2n) is 5.57. The second kappa shape index (κ2) is 5.77. The summed E-state index contributed by atoms with van der Waals surface area (Å²) < 4.78 is 24.5. The first-order valence-electron chi connectivity index (χ1n) is 7.39. The van der Waals surface area contributed by atoms with E-state index in [1.807, 2.05) is 25.1 Å². The normalized spacial score (nSPS) is 20.5. The average Bonchev–Trinajstić information content (AvgIpc) is 3.02. The Kier molecular flexibility index (Phi) is 3.93. The molecule has 0 spiro atoms. The van der Waals surface area contributed by atoms with E-state index < -0.39 is 21.7 Å².